The third-order valence-corrected chi connectivity index (χ3v) is 4.22. The molecule has 0 bridgehead atoms. The van der Waals surface area contributed by atoms with Crippen molar-refractivity contribution in [1.29, 1.82) is 0 Å². The average molecular weight is 276 g/mol. The van der Waals surface area contributed by atoms with Gasteiger partial charge in [0.2, 0.25) is 0 Å². The lowest BCUT2D eigenvalue weighted by Crippen LogP contribution is -2.46. The maximum absolute atomic E-state index is 9.58. The predicted octanol–water partition coefficient (Wildman–Crippen LogP) is 2.67. The molecule has 1 atom stereocenters. The molecule has 1 aliphatic rings. The Kier molecular flexibility index (Phi) is 5.86. The molecular formula is C17H28N2O. The van der Waals surface area contributed by atoms with E-state index in [0.29, 0.717) is 0 Å². The zero-order valence-electron chi connectivity index (χ0n) is 12.9. The lowest BCUT2D eigenvalue weighted by atomic mass is 10.1. The first kappa shape index (κ1) is 15.3. The summed E-state index contributed by atoms with van der Waals surface area (Å²) in [5.74, 6) is 0. The Labute approximate surface area is 123 Å². The second-order valence-electron chi connectivity index (χ2n) is 5.87. The Morgan fingerprint density at radius 1 is 1.20 bits per heavy atom. The van der Waals surface area contributed by atoms with E-state index >= 15 is 0 Å². The van der Waals surface area contributed by atoms with Crippen molar-refractivity contribution in [3.63, 3.8) is 0 Å². The molecule has 1 N–H and O–H groups in total. The molecule has 1 unspecified atom stereocenters. The van der Waals surface area contributed by atoms with Crippen LogP contribution in [-0.4, -0.2) is 48.8 Å². The van der Waals surface area contributed by atoms with Crippen LogP contribution in [0, 0.1) is 6.92 Å². The van der Waals surface area contributed by atoms with Gasteiger partial charge in [-0.3, -0.25) is 4.90 Å². The number of aliphatic hydroxyl groups excluding tert-OH is 1. The minimum absolute atomic E-state index is 0.108. The van der Waals surface area contributed by atoms with Gasteiger partial charge in [0.15, 0.2) is 0 Å². The standard InChI is InChI=1S/C17H28N2O/c1-3-17(20)8-5-9-18-10-12-19(13-11-18)16-7-4-6-15(2)14-16/h4,6-7,14,17,20H,3,5,8-13H2,1-2H3. The lowest BCUT2D eigenvalue weighted by Gasteiger charge is -2.36. The fourth-order valence-electron chi connectivity index (χ4n) is 2.81. The van der Waals surface area contributed by atoms with Crippen LogP contribution in [0.5, 0.6) is 0 Å². The van der Waals surface area contributed by atoms with Crippen molar-refractivity contribution in [2.45, 2.75) is 39.2 Å². The minimum Gasteiger partial charge on any atom is -0.393 e. The normalized spacial score (nSPS) is 18.2. The number of anilines is 1. The van der Waals surface area contributed by atoms with Gasteiger partial charge in [-0.25, -0.2) is 0 Å². The van der Waals surface area contributed by atoms with E-state index in [0.717, 1.165) is 52.0 Å². The number of aliphatic hydroxyl groups is 1. The summed E-state index contributed by atoms with van der Waals surface area (Å²) in [6.45, 7) is 9.81. The topological polar surface area (TPSA) is 26.7 Å². The van der Waals surface area contributed by atoms with Gasteiger partial charge in [0, 0.05) is 31.9 Å². The van der Waals surface area contributed by atoms with E-state index in [1.54, 1.807) is 0 Å². The van der Waals surface area contributed by atoms with Gasteiger partial charge in [0.05, 0.1) is 6.10 Å². The monoisotopic (exact) mass is 276 g/mol. The largest absolute Gasteiger partial charge is 0.393 e. The predicted molar refractivity (Wildman–Crippen MR) is 85.4 cm³/mol. The number of hydrogen-bond acceptors (Lipinski definition) is 3. The first-order valence-corrected chi connectivity index (χ1v) is 7.91. The molecule has 1 heterocycles. The highest BCUT2D eigenvalue weighted by molar-refractivity contribution is 5.48. The van der Waals surface area contributed by atoms with Crippen LogP contribution < -0.4 is 4.90 Å². The molecule has 112 valence electrons. The molecule has 2 rings (SSSR count). The van der Waals surface area contributed by atoms with E-state index in [4.69, 9.17) is 0 Å². The highest BCUT2D eigenvalue weighted by Crippen LogP contribution is 2.18. The Morgan fingerprint density at radius 2 is 1.95 bits per heavy atom. The van der Waals surface area contributed by atoms with E-state index in [-0.39, 0.29) is 6.10 Å². The lowest BCUT2D eigenvalue weighted by molar-refractivity contribution is 0.148. The van der Waals surface area contributed by atoms with Crippen LogP contribution in [0.15, 0.2) is 24.3 Å². The Morgan fingerprint density at radius 3 is 2.60 bits per heavy atom. The van der Waals surface area contributed by atoms with Crippen molar-refractivity contribution in [3.05, 3.63) is 29.8 Å². The molecule has 1 saturated heterocycles. The van der Waals surface area contributed by atoms with E-state index in [9.17, 15) is 5.11 Å². The van der Waals surface area contributed by atoms with Gasteiger partial charge >= 0.3 is 0 Å². The first-order chi connectivity index (χ1) is 9.69. The Hall–Kier alpha value is -1.06. The summed E-state index contributed by atoms with van der Waals surface area (Å²) in [4.78, 5) is 5.00. The quantitative estimate of drug-likeness (QED) is 0.865. The molecule has 0 aromatic heterocycles. The van der Waals surface area contributed by atoms with Gasteiger partial charge in [-0.2, -0.15) is 0 Å². The molecule has 0 spiro atoms. The number of hydrogen-bond donors (Lipinski definition) is 1. The van der Waals surface area contributed by atoms with Crippen LogP contribution in [0.1, 0.15) is 31.7 Å². The van der Waals surface area contributed by atoms with Crippen molar-refractivity contribution >= 4 is 5.69 Å². The second kappa shape index (κ2) is 7.65. The third kappa shape index (κ3) is 4.50. The minimum atomic E-state index is -0.108. The van der Waals surface area contributed by atoms with Crippen LogP contribution in [0.4, 0.5) is 5.69 Å². The van der Waals surface area contributed by atoms with Crippen molar-refractivity contribution in [1.82, 2.24) is 4.90 Å². The maximum Gasteiger partial charge on any atom is 0.0538 e. The molecule has 1 fully saturated rings. The highest BCUT2D eigenvalue weighted by Gasteiger charge is 2.17. The van der Waals surface area contributed by atoms with Gasteiger partial charge in [0.25, 0.3) is 0 Å². The van der Waals surface area contributed by atoms with Gasteiger partial charge in [-0.15, -0.1) is 0 Å². The first-order valence-electron chi connectivity index (χ1n) is 7.91. The molecule has 1 aromatic carbocycles. The summed E-state index contributed by atoms with van der Waals surface area (Å²) in [6.07, 6.45) is 2.82. The molecule has 3 heteroatoms. The van der Waals surface area contributed by atoms with Gasteiger partial charge in [0.1, 0.15) is 0 Å². The van der Waals surface area contributed by atoms with E-state index in [2.05, 4.69) is 41.0 Å². The summed E-state index contributed by atoms with van der Waals surface area (Å²) >= 11 is 0. The fourth-order valence-corrected chi connectivity index (χ4v) is 2.81. The van der Waals surface area contributed by atoms with Crippen molar-refractivity contribution < 1.29 is 5.11 Å². The van der Waals surface area contributed by atoms with Crippen LogP contribution in [0.2, 0.25) is 0 Å². The summed E-state index contributed by atoms with van der Waals surface area (Å²) in [6, 6.07) is 8.77. The Bertz CT molecular complexity index is 400. The molecular weight excluding hydrogens is 248 g/mol. The van der Waals surface area contributed by atoms with Crippen LogP contribution in [0.3, 0.4) is 0 Å². The van der Waals surface area contributed by atoms with Crippen LogP contribution in [0.25, 0.3) is 0 Å². The van der Waals surface area contributed by atoms with Crippen LogP contribution >= 0.6 is 0 Å². The van der Waals surface area contributed by atoms with Crippen molar-refractivity contribution in [2.24, 2.45) is 0 Å². The number of aryl methyl sites for hydroxylation is 1. The van der Waals surface area contributed by atoms with E-state index < -0.39 is 0 Å². The van der Waals surface area contributed by atoms with E-state index in [1.165, 1.54) is 11.3 Å². The molecule has 1 aromatic rings. The molecule has 3 nitrogen and oxygen atoms in total. The van der Waals surface area contributed by atoms with Crippen molar-refractivity contribution in [3.8, 4) is 0 Å². The summed E-state index contributed by atoms with van der Waals surface area (Å²) in [7, 11) is 0. The molecule has 0 aliphatic carbocycles. The fraction of sp³-hybridized carbons (Fsp3) is 0.647. The van der Waals surface area contributed by atoms with E-state index in [1.807, 2.05) is 6.92 Å². The number of rotatable bonds is 6. The van der Waals surface area contributed by atoms with Gasteiger partial charge in [-0.1, -0.05) is 19.1 Å². The molecule has 0 radical (unpaired) electrons. The SMILES string of the molecule is CCC(O)CCCN1CCN(c2cccc(C)c2)CC1. The van der Waals surface area contributed by atoms with Gasteiger partial charge < -0.3 is 10.0 Å². The molecule has 20 heavy (non-hydrogen) atoms. The molecule has 0 saturated carbocycles. The summed E-state index contributed by atoms with van der Waals surface area (Å²) < 4.78 is 0. The third-order valence-electron chi connectivity index (χ3n) is 4.22. The summed E-state index contributed by atoms with van der Waals surface area (Å²) in [5.41, 5.74) is 2.68. The maximum atomic E-state index is 9.58. The highest BCUT2D eigenvalue weighted by atomic mass is 16.3. The Balaban J connectivity index is 1.72. The molecule has 1 aliphatic heterocycles. The second-order valence-corrected chi connectivity index (χ2v) is 5.87. The molecule has 0 amide bonds. The number of nitrogens with zero attached hydrogens (tertiary/aromatic N) is 2. The smallest absolute Gasteiger partial charge is 0.0538 e. The van der Waals surface area contributed by atoms with Gasteiger partial charge in [-0.05, 0) is 50.4 Å². The van der Waals surface area contributed by atoms with Crippen LogP contribution in [-0.2, 0) is 0 Å². The zero-order valence-corrected chi connectivity index (χ0v) is 12.9. The average Bonchev–Trinajstić information content (AvgIpc) is 2.48. The summed E-state index contributed by atoms with van der Waals surface area (Å²) in [5, 5.41) is 9.58. The number of benzene rings is 1. The zero-order chi connectivity index (χ0) is 14.4. The number of piperazine rings is 1. The van der Waals surface area contributed by atoms with Crippen molar-refractivity contribution in [2.75, 3.05) is 37.6 Å².